The highest BCUT2D eigenvalue weighted by Crippen LogP contribution is 2.37. The van der Waals surface area contributed by atoms with Crippen molar-refractivity contribution in [1.82, 2.24) is 20.4 Å². The van der Waals surface area contributed by atoms with Crippen molar-refractivity contribution in [1.29, 1.82) is 0 Å². The molecule has 3 heterocycles. The second kappa shape index (κ2) is 10.3. The minimum atomic E-state index is -0.119. The minimum Gasteiger partial charge on any atom is -0.489 e. The standard InChI is InChI=1S/C29H35N5O4/c1-18-27-24(32-31-18)15-21(17-26(27)38-22-7-13-37-14-8-22)20-5-6-23(28(35)30-2)25(16-20)33-9-11-34(12-10-33)29(36)19-3-4-19/h5-6,15-17,19,22H,3-4,7-14H2,1-2H3,(H,30,35)(H,31,32). The Hall–Kier alpha value is -3.59. The smallest absolute Gasteiger partial charge is 0.253 e. The molecule has 38 heavy (non-hydrogen) atoms. The Kier molecular flexibility index (Phi) is 6.69. The SMILES string of the molecule is CNC(=O)c1ccc(-c2cc(OC3CCOCC3)c3c(C)n[nH]c3c2)cc1N1CCN(C(=O)C2CC2)CC1. The molecule has 3 aromatic rings. The molecule has 9 heteroatoms. The van der Waals surface area contributed by atoms with Crippen LogP contribution in [0.1, 0.15) is 41.7 Å². The molecule has 3 fully saturated rings. The van der Waals surface area contributed by atoms with E-state index in [9.17, 15) is 9.59 Å². The monoisotopic (exact) mass is 517 g/mol. The zero-order valence-electron chi connectivity index (χ0n) is 22.1. The number of piperazine rings is 1. The lowest BCUT2D eigenvalue weighted by Crippen LogP contribution is -2.49. The predicted molar refractivity (Wildman–Crippen MR) is 146 cm³/mol. The number of anilines is 1. The van der Waals surface area contributed by atoms with Crippen LogP contribution in [0.3, 0.4) is 0 Å². The van der Waals surface area contributed by atoms with E-state index in [-0.39, 0.29) is 23.8 Å². The van der Waals surface area contributed by atoms with E-state index in [2.05, 4.69) is 38.6 Å². The van der Waals surface area contributed by atoms with E-state index in [0.29, 0.717) is 45.0 Å². The van der Waals surface area contributed by atoms with Gasteiger partial charge in [-0.15, -0.1) is 0 Å². The van der Waals surface area contributed by atoms with Crippen molar-refractivity contribution in [3.8, 4) is 16.9 Å². The number of aryl methyl sites for hydroxylation is 1. The fourth-order valence-electron chi connectivity index (χ4n) is 5.57. The number of carbonyl (C=O) groups excluding carboxylic acids is 2. The second-order valence-electron chi connectivity index (χ2n) is 10.5. The van der Waals surface area contributed by atoms with Gasteiger partial charge in [-0.3, -0.25) is 14.7 Å². The fourth-order valence-corrected chi connectivity index (χ4v) is 5.57. The first-order chi connectivity index (χ1) is 18.5. The molecule has 2 aliphatic heterocycles. The number of carbonyl (C=O) groups is 2. The third-order valence-corrected chi connectivity index (χ3v) is 7.93. The summed E-state index contributed by atoms with van der Waals surface area (Å²) < 4.78 is 12.0. The van der Waals surface area contributed by atoms with Crippen LogP contribution in [0.4, 0.5) is 5.69 Å². The Balaban J connectivity index is 1.33. The van der Waals surface area contributed by atoms with Crippen LogP contribution in [0.15, 0.2) is 30.3 Å². The summed E-state index contributed by atoms with van der Waals surface area (Å²) in [6.07, 6.45) is 3.87. The Labute approximate surface area is 222 Å². The third kappa shape index (κ3) is 4.82. The zero-order valence-corrected chi connectivity index (χ0v) is 22.1. The summed E-state index contributed by atoms with van der Waals surface area (Å²) in [5.41, 5.74) is 5.34. The van der Waals surface area contributed by atoms with Crippen LogP contribution in [-0.4, -0.2) is 79.5 Å². The van der Waals surface area contributed by atoms with Gasteiger partial charge in [-0.05, 0) is 55.2 Å². The lowest BCUT2D eigenvalue weighted by Gasteiger charge is -2.37. The van der Waals surface area contributed by atoms with E-state index in [4.69, 9.17) is 9.47 Å². The van der Waals surface area contributed by atoms with Gasteiger partial charge in [0, 0.05) is 52.0 Å². The van der Waals surface area contributed by atoms with Crippen LogP contribution >= 0.6 is 0 Å². The number of aromatic nitrogens is 2. The molecule has 2 saturated heterocycles. The molecule has 0 unspecified atom stereocenters. The molecule has 3 aliphatic rings. The van der Waals surface area contributed by atoms with Gasteiger partial charge in [-0.1, -0.05) is 6.07 Å². The summed E-state index contributed by atoms with van der Waals surface area (Å²) in [7, 11) is 1.65. The lowest BCUT2D eigenvalue weighted by molar-refractivity contribution is -0.132. The summed E-state index contributed by atoms with van der Waals surface area (Å²) in [5, 5.41) is 11.4. The van der Waals surface area contributed by atoms with Crippen LogP contribution < -0.4 is 15.0 Å². The highest BCUT2D eigenvalue weighted by Gasteiger charge is 2.35. The van der Waals surface area contributed by atoms with E-state index >= 15 is 0 Å². The van der Waals surface area contributed by atoms with Crippen molar-refractivity contribution in [2.24, 2.45) is 5.92 Å². The Bertz CT molecular complexity index is 1350. The van der Waals surface area contributed by atoms with E-state index < -0.39 is 0 Å². The van der Waals surface area contributed by atoms with Crippen molar-refractivity contribution in [3.05, 3.63) is 41.6 Å². The maximum atomic E-state index is 12.8. The maximum absolute atomic E-state index is 12.8. The predicted octanol–water partition coefficient (Wildman–Crippen LogP) is 3.51. The van der Waals surface area contributed by atoms with Gasteiger partial charge in [0.05, 0.1) is 41.1 Å². The number of nitrogens with one attached hydrogen (secondary N) is 2. The first-order valence-corrected chi connectivity index (χ1v) is 13.6. The molecular weight excluding hydrogens is 482 g/mol. The average Bonchev–Trinajstić information content (AvgIpc) is 3.74. The van der Waals surface area contributed by atoms with Gasteiger partial charge in [0.15, 0.2) is 0 Å². The van der Waals surface area contributed by atoms with Gasteiger partial charge in [0.1, 0.15) is 11.9 Å². The van der Waals surface area contributed by atoms with Gasteiger partial charge < -0.3 is 24.6 Å². The molecule has 2 amide bonds. The van der Waals surface area contributed by atoms with Crippen molar-refractivity contribution < 1.29 is 19.1 Å². The Morgan fingerprint density at radius 1 is 1.03 bits per heavy atom. The molecule has 9 nitrogen and oxygen atoms in total. The molecule has 0 atom stereocenters. The van der Waals surface area contributed by atoms with Gasteiger partial charge in [-0.25, -0.2) is 0 Å². The number of ether oxygens (including phenoxy) is 2. The molecule has 1 aromatic heterocycles. The summed E-state index contributed by atoms with van der Waals surface area (Å²) in [6, 6.07) is 10.2. The molecule has 2 aromatic carbocycles. The van der Waals surface area contributed by atoms with Gasteiger partial charge in [0.25, 0.3) is 5.91 Å². The number of H-pyrrole nitrogens is 1. The zero-order chi connectivity index (χ0) is 26.2. The van der Waals surface area contributed by atoms with E-state index in [0.717, 1.165) is 64.8 Å². The number of fused-ring (bicyclic) bond motifs is 1. The van der Waals surface area contributed by atoms with Crippen molar-refractivity contribution in [3.63, 3.8) is 0 Å². The Morgan fingerprint density at radius 3 is 2.50 bits per heavy atom. The van der Waals surface area contributed by atoms with Crippen LogP contribution in [-0.2, 0) is 9.53 Å². The maximum Gasteiger partial charge on any atom is 0.253 e. The lowest BCUT2D eigenvalue weighted by atomic mass is 9.99. The highest BCUT2D eigenvalue weighted by molar-refractivity contribution is 6.01. The molecule has 1 aliphatic carbocycles. The molecule has 200 valence electrons. The third-order valence-electron chi connectivity index (χ3n) is 7.93. The van der Waals surface area contributed by atoms with Crippen molar-refractivity contribution in [2.45, 2.75) is 38.7 Å². The number of rotatable bonds is 6. The topological polar surface area (TPSA) is 99.8 Å². The largest absolute Gasteiger partial charge is 0.489 e. The van der Waals surface area contributed by atoms with E-state index in [1.54, 1.807) is 7.05 Å². The average molecular weight is 518 g/mol. The highest BCUT2D eigenvalue weighted by atomic mass is 16.5. The van der Waals surface area contributed by atoms with Crippen molar-refractivity contribution >= 4 is 28.4 Å². The number of benzene rings is 2. The molecule has 0 radical (unpaired) electrons. The van der Waals surface area contributed by atoms with Crippen molar-refractivity contribution in [2.75, 3.05) is 51.3 Å². The first kappa shape index (κ1) is 24.7. The molecule has 6 rings (SSSR count). The normalized spacial score (nSPS) is 18.6. The Morgan fingerprint density at radius 2 is 1.79 bits per heavy atom. The van der Waals surface area contributed by atoms with E-state index in [1.165, 1.54) is 0 Å². The molecule has 0 spiro atoms. The van der Waals surface area contributed by atoms with Gasteiger partial charge in [-0.2, -0.15) is 5.10 Å². The minimum absolute atomic E-state index is 0.109. The van der Waals surface area contributed by atoms with Gasteiger partial charge >= 0.3 is 0 Å². The van der Waals surface area contributed by atoms with Crippen LogP contribution in [0.5, 0.6) is 5.75 Å². The number of nitrogens with zero attached hydrogens (tertiary/aromatic N) is 3. The quantitative estimate of drug-likeness (QED) is 0.519. The number of hydrogen-bond donors (Lipinski definition) is 2. The first-order valence-electron chi connectivity index (χ1n) is 13.6. The van der Waals surface area contributed by atoms with Crippen LogP contribution in [0.25, 0.3) is 22.0 Å². The van der Waals surface area contributed by atoms with Crippen LogP contribution in [0.2, 0.25) is 0 Å². The summed E-state index contributed by atoms with van der Waals surface area (Å²) >= 11 is 0. The molecule has 2 N–H and O–H groups in total. The van der Waals surface area contributed by atoms with Gasteiger partial charge in [0.2, 0.25) is 5.91 Å². The van der Waals surface area contributed by atoms with E-state index in [1.807, 2.05) is 24.0 Å². The summed E-state index contributed by atoms with van der Waals surface area (Å²) in [6.45, 7) is 6.15. The summed E-state index contributed by atoms with van der Waals surface area (Å²) in [4.78, 5) is 29.6. The second-order valence-corrected chi connectivity index (χ2v) is 10.5. The summed E-state index contributed by atoms with van der Waals surface area (Å²) in [5.74, 6) is 1.21. The number of amides is 2. The number of aromatic amines is 1. The fraction of sp³-hybridized carbons (Fsp3) is 0.483. The van der Waals surface area contributed by atoms with Crippen LogP contribution in [0, 0.1) is 12.8 Å². The molecule has 1 saturated carbocycles. The molecular formula is C29H35N5O4. The molecule has 0 bridgehead atoms. The number of hydrogen-bond acceptors (Lipinski definition) is 6.